The first-order valence-electron chi connectivity index (χ1n) is 12.6. The molecule has 0 bridgehead atoms. The van der Waals surface area contributed by atoms with E-state index in [0.29, 0.717) is 11.1 Å². The molecule has 4 atom stereocenters. The fourth-order valence-electron chi connectivity index (χ4n) is 3.53. The Morgan fingerprint density at radius 2 is 0.975 bits per heavy atom. The Morgan fingerprint density at radius 3 is 1.45 bits per heavy atom. The predicted molar refractivity (Wildman–Crippen MR) is 140 cm³/mol. The van der Waals surface area contributed by atoms with Crippen molar-refractivity contribution < 1.29 is 47.7 Å². The van der Waals surface area contributed by atoms with E-state index in [1.54, 1.807) is 74.5 Å². The van der Waals surface area contributed by atoms with Gasteiger partial charge in [0.05, 0.1) is 11.1 Å². The summed E-state index contributed by atoms with van der Waals surface area (Å²) in [5, 5.41) is 0. The molecular formula is C30H28O10. The van der Waals surface area contributed by atoms with Gasteiger partial charge < -0.3 is 18.9 Å². The molecule has 2 aromatic carbocycles. The normalized spacial score (nSPS) is 20.8. The average molecular weight is 549 g/mol. The van der Waals surface area contributed by atoms with Crippen molar-refractivity contribution >= 4 is 35.4 Å². The molecule has 0 aliphatic heterocycles. The van der Waals surface area contributed by atoms with E-state index in [9.17, 15) is 28.8 Å². The molecule has 0 saturated carbocycles. The maximum Gasteiger partial charge on any atom is 0.339 e. The van der Waals surface area contributed by atoms with Crippen LogP contribution in [0.5, 0.6) is 0 Å². The van der Waals surface area contributed by atoms with Crippen LogP contribution >= 0.6 is 0 Å². The van der Waals surface area contributed by atoms with Gasteiger partial charge in [-0.15, -0.1) is 0 Å². The number of carbonyl (C=O) groups is 6. The molecule has 0 saturated heterocycles. The van der Waals surface area contributed by atoms with Crippen LogP contribution in [-0.4, -0.2) is 59.9 Å². The number of carbonyl (C=O) groups excluding carboxylic acids is 6. The van der Waals surface area contributed by atoms with Crippen LogP contribution < -0.4 is 0 Å². The van der Waals surface area contributed by atoms with E-state index in [2.05, 4.69) is 0 Å². The first kappa shape index (κ1) is 29.7. The summed E-state index contributed by atoms with van der Waals surface area (Å²) in [5.41, 5.74) is 0.684. The van der Waals surface area contributed by atoms with Crippen molar-refractivity contribution in [3.63, 3.8) is 0 Å². The smallest absolute Gasteiger partial charge is 0.339 e. The van der Waals surface area contributed by atoms with Crippen LogP contribution in [0.4, 0.5) is 0 Å². The maximum atomic E-state index is 12.1. The minimum absolute atomic E-state index is 0.179. The van der Waals surface area contributed by atoms with E-state index >= 15 is 0 Å². The first-order valence-corrected chi connectivity index (χ1v) is 12.6. The van der Waals surface area contributed by atoms with Crippen LogP contribution in [0.25, 0.3) is 0 Å². The van der Waals surface area contributed by atoms with E-state index in [0.717, 1.165) is 0 Å². The summed E-state index contributed by atoms with van der Waals surface area (Å²) in [6.07, 6.45) is 1.88. The zero-order valence-electron chi connectivity index (χ0n) is 21.9. The van der Waals surface area contributed by atoms with Gasteiger partial charge in [0.15, 0.2) is 23.8 Å². The highest BCUT2D eigenvalue weighted by Crippen LogP contribution is 2.19. The molecule has 0 amide bonds. The molecule has 208 valence electrons. The second-order valence-corrected chi connectivity index (χ2v) is 8.52. The van der Waals surface area contributed by atoms with Crippen molar-refractivity contribution in [2.75, 3.05) is 0 Å². The zero-order chi connectivity index (χ0) is 29.1. The number of ketones is 2. The summed E-state index contributed by atoms with van der Waals surface area (Å²) in [6, 6.07) is 16.7. The van der Waals surface area contributed by atoms with Gasteiger partial charge in [-0.1, -0.05) is 50.2 Å². The monoisotopic (exact) mass is 548 g/mol. The highest BCUT2D eigenvalue weighted by molar-refractivity contribution is 6.01. The number of benzene rings is 2. The molecule has 0 aromatic heterocycles. The second-order valence-electron chi connectivity index (χ2n) is 8.52. The van der Waals surface area contributed by atoms with Gasteiger partial charge in [0.25, 0.3) is 0 Å². The largest absolute Gasteiger partial charge is 0.454 e. The van der Waals surface area contributed by atoms with Gasteiger partial charge in [0.2, 0.25) is 12.2 Å². The topological polar surface area (TPSA) is 139 Å². The highest BCUT2D eigenvalue weighted by atomic mass is 16.6. The highest BCUT2D eigenvalue weighted by Gasteiger charge is 2.37. The van der Waals surface area contributed by atoms with Gasteiger partial charge >= 0.3 is 23.9 Å². The van der Waals surface area contributed by atoms with Crippen LogP contribution in [-0.2, 0) is 38.1 Å². The van der Waals surface area contributed by atoms with Crippen molar-refractivity contribution in [2.45, 2.75) is 51.1 Å². The molecule has 4 unspecified atom stereocenters. The Bertz CT molecular complexity index is 1300. The van der Waals surface area contributed by atoms with E-state index < -0.39 is 54.1 Å². The third-order valence-electron chi connectivity index (χ3n) is 5.66. The molecule has 0 heterocycles. The Kier molecular flexibility index (Phi) is 10.6. The minimum atomic E-state index is -1.16. The summed E-state index contributed by atoms with van der Waals surface area (Å²) in [6.45, 7) is 3.28. The predicted octanol–water partition coefficient (Wildman–Crippen LogP) is 3.35. The summed E-state index contributed by atoms with van der Waals surface area (Å²) >= 11 is 0. The standard InChI is InChI=1S/C19H14O5.C11H14O5/c20-15-11-12-16(23-18(21)13-7-3-1-4-8-13)17(15)24-19(22)14-9-5-2-6-10-14;1-3-9(13)15-8-6-5-7(12)11(8)16-10(14)4-2/h1-12,16-17H;5-6,8,11H,3-4H2,1-2H3. The number of hydrogen-bond donors (Lipinski definition) is 0. The van der Waals surface area contributed by atoms with Gasteiger partial charge in [0, 0.05) is 12.8 Å². The molecule has 0 fully saturated rings. The Hall–Kier alpha value is -4.86. The molecule has 40 heavy (non-hydrogen) atoms. The van der Waals surface area contributed by atoms with Gasteiger partial charge in [-0.2, -0.15) is 0 Å². The summed E-state index contributed by atoms with van der Waals surface area (Å²) in [4.78, 5) is 69.6. The third-order valence-corrected chi connectivity index (χ3v) is 5.66. The molecule has 2 aliphatic rings. The number of hydrogen-bond acceptors (Lipinski definition) is 10. The van der Waals surface area contributed by atoms with Crippen LogP contribution in [0.15, 0.2) is 85.0 Å². The summed E-state index contributed by atoms with van der Waals surface area (Å²) in [7, 11) is 0. The lowest BCUT2D eigenvalue weighted by Gasteiger charge is -2.19. The maximum absolute atomic E-state index is 12.1. The molecule has 0 radical (unpaired) electrons. The van der Waals surface area contributed by atoms with Crippen molar-refractivity contribution in [2.24, 2.45) is 0 Å². The molecule has 0 spiro atoms. The Labute approximate surface area is 230 Å². The second kappa shape index (κ2) is 14.3. The molecule has 10 heteroatoms. The van der Waals surface area contributed by atoms with E-state index in [4.69, 9.17) is 18.9 Å². The SMILES string of the molecule is CCC(=O)OC1C=CC(=O)C1OC(=O)CC.O=C(OC1C=CC(=O)C1OC(=O)c1ccccc1)c1ccccc1. The molecule has 0 N–H and O–H groups in total. The fraction of sp³-hybridized carbons (Fsp3) is 0.267. The summed E-state index contributed by atoms with van der Waals surface area (Å²) < 4.78 is 20.4. The quantitative estimate of drug-likeness (QED) is 0.356. The van der Waals surface area contributed by atoms with Crippen LogP contribution in [0.2, 0.25) is 0 Å². The van der Waals surface area contributed by atoms with Gasteiger partial charge in [0.1, 0.15) is 0 Å². The molecule has 4 rings (SSSR count). The first-order chi connectivity index (χ1) is 19.2. The van der Waals surface area contributed by atoms with Crippen LogP contribution in [0, 0.1) is 0 Å². The van der Waals surface area contributed by atoms with E-state index in [1.165, 1.54) is 24.3 Å². The van der Waals surface area contributed by atoms with E-state index in [1.807, 2.05) is 0 Å². The summed E-state index contributed by atoms with van der Waals surface area (Å²) in [5.74, 6) is -2.90. The minimum Gasteiger partial charge on any atom is -0.454 e. The van der Waals surface area contributed by atoms with Crippen LogP contribution in [0.3, 0.4) is 0 Å². The molecule has 10 nitrogen and oxygen atoms in total. The third kappa shape index (κ3) is 8.07. The number of esters is 4. The van der Waals surface area contributed by atoms with Crippen molar-refractivity contribution in [3.05, 3.63) is 96.1 Å². The lowest BCUT2D eigenvalue weighted by molar-refractivity contribution is -0.165. The van der Waals surface area contributed by atoms with Gasteiger partial charge in [-0.05, 0) is 48.6 Å². The Morgan fingerprint density at radius 1 is 0.575 bits per heavy atom. The van der Waals surface area contributed by atoms with Gasteiger partial charge in [-0.25, -0.2) is 9.59 Å². The Balaban J connectivity index is 0.000000241. The zero-order valence-corrected chi connectivity index (χ0v) is 21.9. The van der Waals surface area contributed by atoms with Crippen molar-refractivity contribution in [1.82, 2.24) is 0 Å². The average Bonchev–Trinajstić information content (AvgIpc) is 3.50. The van der Waals surface area contributed by atoms with Crippen LogP contribution in [0.1, 0.15) is 47.4 Å². The fourth-order valence-corrected chi connectivity index (χ4v) is 3.53. The number of ether oxygens (including phenoxy) is 4. The van der Waals surface area contributed by atoms with Crippen molar-refractivity contribution in [1.29, 1.82) is 0 Å². The lowest BCUT2D eigenvalue weighted by atomic mass is 10.2. The lowest BCUT2D eigenvalue weighted by Crippen LogP contribution is -2.35. The molecule has 2 aliphatic carbocycles. The molecule has 2 aromatic rings. The molecular weight excluding hydrogens is 520 g/mol. The van der Waals surface area contributed by atoms with Gasteiger partial charge in [-0.3, -0.25) is 19.2 Å². The van der Waals surface area contributed by atoms with E-state index in [-0.39, 0.29) is 18.6 Å². The number of rotatable bonds is 8. The van der Waals surface area contributed by atoms with Crippen molar-refractivity contribution in [3.8, 4) is 0 Å².